The number of aryl methyl sites for hydroxylation is 1. The maximum atomic E-state index is 12.9. The van der Waals surface area contributed by atoms with Gasteiger partial charge in [-0.25, -0.2) is 9.18 Å². The summed E-state index contributed by atoms with van der Waals surface area (Å²) in [6, 6.07) is 2.62. The molecule has 1 N–H and O–H groups in total. The average Bonchev–Trinajstić information content (AvgIpc) is 2.60. The van der Waals surface area contributed by atoms with Crippen LogP contribution in [0.1, 0.15) is 10.5 Å². The van der Waals surface area contributed by atoms with Crippen molar-refractivity contribution in [1.29, 1.82) is 0 Å². The summed E-state index contributed by atoms with van der Waals surface area (Å²) in [5, 5.41) is 12.8. The molecule has 0 saturated carbocycles. The van der Waals surface area contributed by atoms with E-state index in [2.05, 4.69) is 10.1 Å². The number of carbonyl (C=O) groups is 1. The number of nitrogens with zero attached hydrogens (tertiary/aromatic N) is 3. The minimum atomic E-state index is -1.08. The zero-order chi connectivity index (χ0) is 11.7. The molecule has 16 heavy (non-hydrogen) atoms. The van der Waals surface area contributed by atoms with Crippen LogP contribution in [0, 0.1) is 5.82 Å². The SMILES string of the molecule is Cn1nc(-c2cncc(F)c2)cc1C(=O)O. The molecule has 0 atom stereocenters. The molecule has 0 saturated heterocycles. The molecule has 0 aliphatic heterocycles. The van der Waals surface area contributed by atoms with Crippen molar-refractivity contribution in [2.75, 3.05) is 0 Å². The van der Waals surface area contributed by atoms with Gasteiger partial charge in [-0.15, -0.1) is 0 Å². The standard InChI is InChI=1S/C10H8FN3O2/c1-14-9(10(15)16)3-8(13-14)6-2-7(11)5-12-4-6/h2-5H,1H3,(H,15,16). The Morgan fingerprint density at radius 1 is 1.44 bits per heavy atom. The lowest BCUT2D eigenvalue weighted by molar-refractivity contribution is 0.0685. The van der Waals surface area contributed by atoms with Crippen LogP contribution in [0.25, 0.3) is 11.3 Å². The molecule has 2 aromatic rings. The summed E-state index contributed by atoms with van der Waals surface area (Å²) in [6.07, 6.45) is 2.50. The Morgan fingerprint density at radius 3 is 2.75 bits per heavy atom. The van der Waals surface area contributed by atoms with E-state index in [0.717, 1.165) is 6.20 Å². The van der Waals surface area contributed by atoms with E-state index in [0.29, 0.717) is 11.3 Å². The van der Waals surface area contributed by atoms with Crippen LogP contribution >= 0.6 is 0 Å². The van der Waals surface area contributed by atoms with Crippen LogP contribution in [0.3, 0.4) is 0 Å². The highest BCUT2D eigenvalue weighted by molar-refractivity contribution is 5.87. The van der Waals surface area contributed by atoms with Gasteiger partial charge < -0.3 is 5.11 Å². The number of pyridine rings is 1. The van der Waals surface area contributed by atoms with E-state index in [1.165, 1.54) is 30.1 Å². The molecule has 0 aromatic carbocycles. The first kappa shape index (κ1) is 10.3. The minimum Gasteiger partial charge on any atom is -0.477 e. The molecule has 0 fully saturated rings. The molecule has 2 rings (SSSR count). The van der Waals surface area contributed by atoms with Gasteiger partial charge in [0.25, 0.3) is 0 Å². The molecule has 2 aromatic heterocycles. The van der Waals surface area contributed by atoms with Crippen LogP contribution in [0.4, 0.5) is 4.39 Å². The van der Waals surface area contributed by atoms with Gasteiger partial charge in [-0.3, -0.25) is 9.67 Å². The lowest BCUT2D eigenvalue weighted by Crippen LogP contribution is -2.04. The third-order valence-corrected chi connectivity index (χ3v) is 2.10. The Morgan fingerprint density at radius 2 is 2.19 bits per heavy atom. The van der Waals surface area contributed by atoms with Gasteiger partial charge in [-0.2, -0.15) is 5.10 Å². The highest BCUT2D eigenvalue weighted by Crippen LogP contribution is 2.18. The first-order chi connectivity index (χ1) is 7.58. The van der Waals surface area contributed by atoms with Crippen molar-refractivity contribution in [1.82, 2.24) is 14.8 Å². The van der Waals surface area contributed by atoms with Gasteiger partial charge in [-0.05, 0) is 12.1 Å². The van der Waals surface area contributed by atoms with Crippen molar-refractivity contribution in [3.63, 3.8) is 0 Å². The van der Waals surface area contributed by atoms with Crippen LogP contribution in [0.5, 0.6) is 0 Å². The molecule has 0 radical (unpaired) electrons. The Bertz CT molecular complexity index is 551. The molecular formula is C10H8FN3O2. The Hall–Kier alpha value is -2.24. The normalized spacial score (nSPS) is 10.4. The zero-order valence-corrected chi connectivity index (χ0v) is 8.38. The Balaban J connectivity index is 2.49. The molecule has 6 heteroatoms. The third-order valence-electron chi connectivity index (χ3n) is 2.10. The number of aromatic carboxylic acids is 1. The number of aromatic nitrogens is 3. The molecule has 5 nitrogen and oxygen atoms in total. The number of carboxylic acid groups (broad SMARTS) is 1. The van der Waals surface area contributed by atoms with E-state index in [1.807, 2.05) is 0 Å². The summed E-state index contributed by atoms with van der Waals surface area (Å²) >= 11 is 0. The Kier molecular flexibility index (Phi) is 2.40. The molecule has 82 valence electrons. The molecule has 2 heterocycles. The van der Waals surface area contributed by atoms with Crippen molar-refractivity contribution < 1.29 is 14.3 Å². The van der Waals surface area contributed by atoms with E-state index in [1.54, 1.807) is 0 Å². The van der Waals surface area contributed by atoms with Crippen LogP contribution in [-0.2, 0) is 7.05 Å². The monoisotopic (exact) mass is 221 g/mol. The van der Waals surface area contributed by atoms with Crippen molar-refractivity contribution in [3.8, 4) is 11.3 Å². The molecular weight excluding hydrogens is 213 g/mol. The summed E-state index contributed by atoms with van der Waals surface area (Å²) in [7, 11) is 1.51. The predicted molar refractivity (Wildman–Crippen MR) is 53.4 cm³/mol. The topological polar surface area (TPSA) is 68.0 Å². The lowest BCUT2D eigenvalue weighted by atomic mass is 10.2. The average molecular weight is 221 g/mol. The van der Waals surface area contributed by atoms with Crippen LogP contribution < -0.4 is 0 Å². The summed E-state index contributed by atoms with van der Waals surface area (Å²) in [4.78, 5) is 14.5. The van der Waals surface area contributed by atoms with Gasteiger partial charge in [0.1, 0.15) is 11.5 Å². The fourth-order valence-corrected chi connectivity index (χ4v) is 1.36. The fraction of sp³-hybridized carbons (Fsp3) is 0.100. The summed E-state index contributed by atoms with van der Waals surface area (Å²) in [5.41, 5.74) is 0.870. The summed E-state index contributed by atoms with van der Waals surface area (Å²) < 4.78 is 14.1. The highest BCUT2D eigenvalue weighted by Gasteiger charge is 2.13. The largest absolute Gasteiger partial charge is 0.477 e. The number of carboxylic acids is 1. The first-order valence-corrected chi connectivity index (χ1v) is 4.46. The van der Waals surface area contributed by atoms with Gasteiger partial charge >= 0.3 is 5.97 Å². The Labute approximate surface area is 90.2 Å². The van der Waals surface area contributed by atoms with Crippen LogP contribution in [-0.4, -0.2) is 25.8 Å². The molecule has 0 aliphatic rings. The van der Waals surface area contributed by atoms with E-state index in [9.17, 15) is 9.18 Å². The molecule has 0 spiro atoms. The number of hydrogen-bond acceptors (Lipinski definition) is 3. The van der Waals surface area contributed by atoms with Crippen molar-refractivity contribution in [2.45, 2.75) is 0 Å². The first-order valence-electron chi connectivity index (χ1n) is 4.46. The van der Waals surface area contributed by atoms with E-state index in [4.69, 9.17) is 5.11 Å². The second-order valence-electron chi connectivity index (χ2n) is 3.24. The second kappa shape index (κ2) is 3.73. The van der Waals surface area contributed by atoms with E-state index >= 15 is 0 Å². The highest BCUT2D eigenvalue weighted by atomic mass is 19.1. The van der Waals surface area contributed by atoms with Gasteiger partial charge in [0.05, 0.1) is 11.9 Å². The van der Waals surface area contributed by atoms with Crippen LogP contribution in [0.2, 0.25) is 0 Å². The fourth-order valence-electron chi connectivity index (χ4n) is 1.36. The second-order valence-corrected chi connectivity index (χ2v) is 3.24. The molecule has 0 amide bonds. The van der Waals surface area contributed by atoms with E-state index in [-0.39, 0.29) is 5.69 Å². The minimum absolute atomic E-state index is 0.0410. The van der Waals surface area contributed by atoms with Crippen molar-refractivity contribution in [2.24, 2.45) is 7.05 Å². The maximum Gasteiger partial charge on any atom is 0.354 e. The number of hydrogen-bond donors (Lipinski definition) is 1. The maximum absolute atomic E-state index is 12.9. The quantitative estimate of drug-likeness (QED) is 0.830. The number of halogens is 1. The summed E-state index contributed by atoms with van der Waals surface area (Å²) in [6.45, 7) is 0. The molecule has 0 aliphatic carbocycles. The van der Waals surface area contributed by atoms with Crippen molar-refractivity contribution >= 4 is 5.97 Å². The van der Waals surface area contributed by atoms with Crippen LogP contribution in [0.15, 0.2) is 24.5 Å². The molecule has 0 bridgehead atoms. The van der Waals surface area contributed by atoms with Gasteiger partial charge in [0.2, 0.25) is 0 Å². The van der Waals surface area contributed by atoms with Crippen molar-refractivity contribution in [3.05, 3.63) is 36.0 Å². The van der Waals surface area contributed by atoms with Gasteiger partial charge in [-0.1, -0.05) is 0 Å². The molecule has 0 unspecified atom stereocenters. The predicted octanol–water partition coefficient (Wildman–Crippen LogP) is 1.32. The lowest BCUT2D eigenvalue weighted by Gasteiger charge is -1.94. The van der Waals surface area contributed by atoms with Gasteiger partial charge in [0, 0.05) is 18.8 Å². The van der Waals surface area contributed by atoms with E-state index < -0.39 is 11.8 Å². The summed E-state index contributed by atoms with van der Waals surface area (Å²) in [5.74, 6) is -1.56. The number of rotatable bonds is 2. The smallest absolute Gasteiger partial charge is 0.354 e. The third kappa shape index (κ3) is 1.77. The zero-order valence-electron chi connectivity index (χ0n) is 8.38. The van der Waals surface area contributed by atoms with Gasteiger partial charge in [0.15, 0.2) is 0 Å².